The predicted molar refractivity (Wildman–Crippen MR) is 73.4 cm³/mol. The summed E-state index contributed by atoms with van der Waals surface area (Å²) >= 11 is 0. The van der Waals surface area contributed by atoms with Crippen molar-refractivity contribution in [1.29, 1.82) is 0 Å². The maximum absolute atomic E-state index is 5.43. The highest BCUT2D eigenvalue weighted by molar-refractivity contribution is 5.42. The molecule has 1 atom stereocenters. The summed E-state index contributed by atoms with van der Waals surface area (Å²) in [6, 6.07) is 6.91. The molecule has 0 spiro atoms. The van der Waals surface area contributed by atoms with Crippen molar-refractivity contribution in [1.82, 2.24) is 5.32 Å². The van der Waals surface area contributed by atoms with Crippen molar-refractivity contribution in [2.24, 2.45) is 0 Å². The topological polar surface area (TPSA) is 30.5 Å². The zero-order valence-corrected chi connectivity index (χ0v) is 11.5. The summed E-state index contributed by atoms with van der Waals surface area (Å²) in [6.45, 7) is 2.19. The average Bonchev–Trinajstić information content (AvgIpc) is 2.90. The Labute approximate surface area is 109 Å². The predicted octanol–water partition coefficient (Wildman–Crippen LogP) is 3.30. The molecule has 0 amide bonds. The van der Waals surface area contributed by atoms with E-state index in [9.17, 15) is 0 Å². The summed E-state index contributed by atoms with van der Waals surface area (Å²) in [5.74, 6) is 1.81. The molecule has 0 aromatic heterocycles. The van der Waals surface area contributed by atoms with Crippen molar-refractivity contribution in [2.45, 2.75) is 44.7 Å². The van der Waals surface area contributed by atoms with Gasteiger partial charge in [-0.2, -0.15) is 0 Å². The summed E-state index contributed by atoms with van der Waals surface area (Å²) in [6.07, 6.45) is 5.27. The molecule has 3 nitrogen and oxygen atoms in total. The summed E-state index contributed by atoms with van der Waals surface area (Å²) in [5.41, 5.74) is 1.17. The van der Waals surface area contributed by atoms with Gasteiger partial charge in [0, 0.05) is 17.6 Å². The van der Waals surface area contributed by atoms with Crippen LogP contribution in [0.25, 0.3) is 0 Å². The first-order chi connectivity index (χ1) is 8.74. The lowest BCUT2D eigenvalue weighted by Crippen LogP contribution is -2.29. The third kappa shape index (κ3) is 2.96. The summed E-state index contributed by atoms with van der Waals surface area (Å²) in [4.78, 5) is 0. The van der Waals surface area contributed by atoms with Crippen LogP contribution < -0.4 is 14.8 Å². The van der Waals surface area contributed by atoms with Gasteiger partial charge in [-0.1, -0.05) is 12.8 Å². The van der Waals surface area contributed by atoms with Crippen molar-refractivity contribution in [3.05, 3.63) is 23.8 Å². The number of hydrogen-bond acceptors (Lipinski definition) is 3. The van der Waals surface area contributed by atoms with Gasteiger partial charge in [-0.05, 0) is 38.0 Å². The second kappa shape index (κ2) is 6.10. The molecule has 100 valence electrons. The Bertz CT molecular complexity index is 386. The molecule has 1 aliphatic rings. The van der Waals surface area contributed by atoms with E-state index in [4.69, 9.17) is 9.47 Å². The molecule has 1 aromatic carbocycles. The minimum Gasteiger partial charge on any atom is -0.497 e. The second-order valence-corrected chi connectivity index (χ2v) is 4.98. The Balaban J connectivity index is 2.13. The first-order valence-electron chi connectivity index (χ1n) is 6.72. The van der Waals surface area contributed by atoms with E-state index in [2.05, 4.69) is 18.3 Å². The highest BCUT2D eigenvalue weighted by Gasteiger charge is 2.19. The van der Waals surface area contributed by atoms with Crippen LogP contribution in [0.1, 0.15) is 44.2 Å². The molecular formula is C15H23NO2. The van der Waals surface area contributed by atoms with Crippen molar-refractivity contribution in [2.75, 3.05) is 14.2 Å². The monoisotopic (exact) mass is 249 g/mol. The van der Waals surface area contributed by atoms with Crippen LogP contribution in [0, 0.1) is 0 Å². The van der Waals surface area contributed by atoms with Gasteiger partial charge >= 0.3 is 0 Å². The van der Waals surface area contributed by atoms with E-state index in [0.29, 0.717) is 6.04 Å². The maximum Gasteiger partial charge on any atom is 0.123 e. The van der Waals surface area contributed by atoms with Crippen molar-refractivity contribution in [3.8, 4) is 11.5 Å². The van der Waals surface area contributed by atoms with Crippen LogP contribution in [-0.2, 0) is 0 Å². The van der Waals surface area contributed by atoms with Crippen LogP contribution in [0.3, 0.4) is 0 Å². The van der Waals surface area contributed by atoms with E-state index in [1.807, 2.05) is 12.1 Å². The van der Waals surface area contributed by atoms with Crippen LogP contribution in [0.4, 0.5) is 0 Å². The Hall–Kier alpha value is -1.22. The molecular weight excluding hydrogens is 226 g/mol. The summed E-state index contributed by atoms with van der Waals surface area (Å²) < 4.78 is 10.7. The van der Waals surface area contributed by atoms with Gasteiger partial charge in [-0.25, -0.2) is 0 Å². The molecule has 1 aliphatic carbocycles. The number of rotatable bonds is 5. The quantitative estimate of drug-likeness (QED) is 0.868. The number of hydrogen-bond donors (Lipinski definition) is 1. The molecule has 2 rings (SSSR count). The average molecular weight is 249 g/mol. The molecule has 1 N–H and O–H groups in total. The van der Waals surface area contributed by atoms with E-state index < -0.39 is 0 Å². The van der Waals surface area contributed by atoms with Crippen LogP contribution in [0.15, 0.2) is 18.2 Å². The smallest absolute Gasteiger partial charge is 0.123 e. The van der Waals surface area contributed by atoms with E-state index in [0.717, 1.165) is 11.5 Å². The zero-order chi connectivity index (χ0) is 13.0. The first kappa shape index (κ1) is 13.2. The third-order valence-electron chi connectivity index (χ3n) is 3.74. The molecule has 0 heterocycles. The number of nitrogens with one attached hydrogen (secondary N) is 1. The van der Waals surface area contributed by atoms with Gasteiger partial charge in [0.15, 0.2) is 0 Å². The highest BCUT2D eigenvalue weighted by Crippen LogP contribution is 2.30. The van der Waals surface area contributed by atoms with Crippen LogP contribution in [0.5, 0.6) is 11.5 Å². The van der Waals surface area contributed by atoms with Crippen LogP contribution in [0.2, 0.25) is 0 Å². The van der Waals surface area contributed by atoms with Crippen molar-refractivity contribution in [3.63, 3.8) is 0 Å². The number of ether oxygens (including phenoxy) is 2. The molecule has 3 heteroatoms. The molecule has 0 radical (unpaired) electrons. The van der Waals surface area contributed by atoms with Gasteiger partial charge in [-0.15, -0.1) is 0 Å². The fraction of sp³-hybridized carbons (Fsp3) is 0.600. The van der Waals surface area contributed by atoms with E-state index in [1.165, 1.54) is 31.2 Å². The molecule has 1 fully saturated rings. The Kier molecular flexibility index (Phi) is 4.48. The number of benzene rings is 1. The first-order valence-corrected chi connectivity index (χ1v) is 6.72. The summed E-state index contributed by atoms with van der Waals surface area (Å²) in [5, 5.41) is 3.69. The normalized spacial score (nSPS) is 17.7. The van der Waals surface area contributed by atoms with E-state index in [-0.39, 0.29) is 6.04 Å². The van der Waals surface area contributed by atoms with Gasteiger partial charge in [0.2, 0.25) is 0 Å². The standard InChI is InChI=1S/C15H23NO2/c1-11(16-12-6-4-5-7-12)14-10-13(17-2)8-9-15(14)18-3/h8-12,16H,4-7H2,1-3H3. The molecule has 1 unspecified atom stereocenters. The SMILES string of the molecule is COc1ccc(OC)c(C(C)NC2CCCC2)c1. The van der Waals surface area contributed by atoms with E-state index in [1.54, 1.807) is 14.2 Å². The van der Waals surface area contributed by atoms with Gasteiger partial charge in [0.05, 0.1) is 14.2 Å². The highest BCUT2D eigenvalue weighted by atomic mass is 16.5. The largest absolute Gasteiger partial charge is 0.497 e. The molecule has 1 saturated carbocycles. The minimum atomic E-state index is 0.290. The van der Waals surface area contributed by atoms with Gasteiger partial charge in [0.1, 0.15) is 11.5 Å². The van der Waals surface area contributed by atoms with Crippen molar-refractivity contribution >= 4 is 0 Å². The molecule has 18 heavy (non-hydrogen) atoms. The Morgan fingerprint density at radius 3 is 2.50 bits per heavy atom. The van der Waals surface area contributed by atoms with Crippen LogP contribution >= 0.6 is 0 Å². The Morgan fingerprint density at radius 1 is 1.17 bits per heavy atom. The van der Waals surface area contributed by atoms with Crippen LogP contribution in [-0.4, -0.2) is 20.3 Å². The minimum absolute atomic E-state index is 0.290. The molecule has 0 saturated heterocycles. The van der Waals surface area contributed by atoms with E-state index >= 15 is 0 Å². The lowest BCUT2D eigenvalue weighted by Gasteiger charge is -2.22. The van der Waals surface area contributed by atoms with Crippen molar-refractivity contribution < 1.29 is 9.47 Å². The summed E-state index contributed by atoms with van der Waals surface area (Å²) in [7, 11) is 3.41. The molecule has 0 bridgehead atoms. The van der Waals surface area contributed by atoms with Gasteiger partial charge in [-0.3, -0.25) is 0 Å². The fourth-order valence-corrected chi connectivity index (χ4v) is 2.71. The van der Waals surface area contributed by atoms with Gasteiger partial charge < -0.3 is 14.8 Å². The fourth-order valence-electron chi connectivity index (χ4n) is 2.71. The maximum atomic E-state index is 5.43. The Morgan fingerprint density at radius 2 is 1.89 bits per heavy atom. The third-order valence-corrected chi connectivity index (χ3v) is 3.74. The number of methoxy groups -OCH3 is 2. The zero-order valence-electron chi connectivity index (χ0n) is 11.5. The molecule has 0 aliphatic heterocycles. The lowest BCUT2D eigenvalue weighted by atomic mass is 10.1. The lowest BCUT2D eigenvalue weighted by molar-refractivity contribution is 0.384. The second-order valence-electron chi connectivity index (χ2n) is 4.98. The van der Waals surface area contributed by atoms with Gasteiger partial charge in [0.25, 0.3) is 0 Å². The molecule has 1 aromatic rings.